The van der Waals surface area contributed by atoms with Crippen LogP contribution in [-0.2, 0) is 10.2 Å². The fourth-order valence-electron chi connectivity index (χ4n) is 3.64. The molecule has 0 heterocycles. The minimum atomic E-state index is -1.15. The van der Waals surface area contributed by atoms with Gasteiger partial charge in [-0.15, -0.1) is 0 Å². The predicted molar refractivity (Wildman–Crippen MR) is 82.8 cm³/mol. The highest BCUT2D eigenvalue weighted by Crippen LogP contribution is 2.53. The first kappa shape index (κ1) is 13.8. The maximum absolute atomic E-state index is 11.5. The summed E-state index contributed by atoms with van der Waals surface area (Å²) in [7, 11) is 0. The summed E-state index contributed by atoms with van der Waals surface area (Å²) in [6, 6.07) is 8.31. The van der Waals surface area contributed by atoms with Gasteiger partial charge in [-0.05, 0) is 29.9 Å². The van der Waals surface area contributed by atoms with Crippen molar-refractivity contribution < 1.29 is 9.90 Å². The molecule has 106 valence electrons. The van der Waals surface area contributed by atoms with Gasteiger partial charge >= 0.3 is 5.97 Å². The summed E-state index contributed by atoms with van der Waals surface area (Å²) in [5.41, 5.74) is 7.38. The van der Waals surface area contributed by atoms with Crippen LogP contribution in [0.2, 0.25) is 0 Å². The minimum Gasteiger partial charge on any atom is -0.480 e. The largest absolute Gasteiger partial charge is 0.480 e. The average molecular weight is 336 g/mol. The van der Waals surface area contributed by atoms with E-state index in [1.165, 1.54) is 11.1 Å². The second kappa shape index (κ2) is 4.43. The Labute approximate surface area is 127 Å². The molecule has 2 aliphatic rings. The maximum Gasteiger partial charge on any atom is 0.323 e. The monoisotopic (exact) mass is 335 g/mol. The average Bonchev–Trinajstić information content (AvgIpc) is 2.77. The van der Waals surface area contributed by atoms with Crippen molar-refractivity contribution in [1.29, 1.82) is 0 Å². The summed E-state index contributed by atoms with van der Waals surface area (Å²) < 4.78 is 0. The van der Waals surface area contributed by atoms with E-state index in [4.69, 9.17) is 5.73 Å². The molecule has 0 aromatic heterocycles. The van der Waals surface area contributed by atoms with Crippen LogP contribution in [0.25, 0.3) is 6.08 Å². The molecule has 1 fully saturated rings. The van der Waals surface area contributed by atoms with Gasteiger partial charge in [0.15, 0.2) is 0 Å². The van der Waals surface area contributed by atoms with Crippen LogP contribution in [0.15, 0.2) is 30.3 Å². The first-order chi connectivity index (χ1) is 9.40. The van der Waals surface area contributed by atoms with E-state index in [0.717, 1.165) is 6.42 Å². The van der Waals surface area contributed by atoms with Gasteiger partial charge in [0.2, 0.25) is 0 Å². The Morgan fingerprint density at radius 3 is 2.80 bits per heavy atom. The lowest BCUT2D eigenvalue weighted by molar-refractivity contribution is -0.147. The molecule has 1 spiro atoms. The predicted octanol–water partition coefficient (Wildman–Crippen LogP) is 2.93. The summed E-state index contributed by atoms with van der Waals surface area (Å²) >= 11 is 3.72. The van der Waals surface area contributed by atoms with Crippen LogP contribution in [0.3, 0.4) is 0 Å². The molecule has 1 saturated carbocycles. The van der Waals surface area contributed by atoms with Crippen LogP contribution in [-0.4, -0.2) is 21.4 Å². The number of allylic oxidation sites excluding steroid dienone is 1. The molecule has 3 nitrogen and oxygen atoms in total. The highest BCUT2D eigenvalue weighted by Gasteiger charge is 2.55. The van der Waals surface area contributed by atoms with Crippen molar-refractivity contribution in [2.24, 2.45) is 11.7 Å². The molecule has 3 N–H and O–H groups in total. The number of hydrogen-bond donors (Lipinski definition) is 2. The molecule has 1 aromatic carbocycles. The van der Waals surface area contributed by atoms with E-state index in [-0.39, 0.29) is 16.2 Å². The summed E-state index contributed by atoms with van der Waals surface area (Å²) in [6.07, 6.45) is 5.54. The van der Waals surface area contributed by atoms with E-state index in [0.29, 0.717) is 6.42 Å². The highest BCUT2D eigenvalue weighted by molar-refractivity contribution is 9.09. The smallest absolute Gasteiger partial charge is 0.323 e. The second-order valence-corrected chi connectivity index (χ2v) is 7.19. The van der Waals surface area contributed by atoms with E-state index in [1.807, 2.05) is 19.1 Å². The van der Waals surface area contributed by atoms with Gasteiger partial charge in [-0.1, -0.05) is 59.3 Å². The Kier molecular flexibility index (Phi) is 3.07. The Bertz CT molecular complexity index is 600. The SMILES string of the molecule is CC1CC2(C=Cc3ccccc32)C(Br)CC1(N)C(=O)O. The topological polar surface area (TPSA) is 63.3 Å². The lowest BCUT2D eigenvalue weighted by Crippen LogP contribution is -2.61. The lowest BCUT2D eigenvalue weighted by atomic mass is 9.61. The fourth-order valence-corrected chi connectivity index (χ4v) is 4.76. The highest BCUT2D eigenvalue weighted by atomic mass is 79.9. The van der Waals surface area contributed by atoms with Gasteiger partial charge in [-0.2, -0.15) is 0 Å². The normalized spacial score (nSPS) is 39.0. The first-order valence-electron chi connectivity index (χ1n) is 6.85. The molecule has 0 bridgehead atoms. The lowest BCUT2D eigenvalue weighted by Gasteiger charge is -2.48. The zero-order chi connectivity index (χ0) is 14.5. The third-order valence-corrected chi connectivity index (χ3v) is 6.16. The van der Waals surface area contributed by atoms with Crippen LogP contribution in [0.1, 0.15) is 30.9 Å². The second-order valence-electron chi connectivity index (χ2n) is 6.08. The molecule has 1 aromatic rings. The third kappa shape index (κ3) is 1.71. The van der Waals surface area contributed by atoms with E-state index in [1.54, 1.807) is 0 Å². The standard InChI is InChI=1S/C16H18BrNO2/c1-10-8-15(13(17)9-16(10,18)14(19)20)7-6-11-4-2-3-5-12(11)15/h2-7,10,13H,8-9,18H2,1H3,(H,19,20). The summed E-state index contributed by atoms with van der Waals surface area (Å²) in [5, 5.41) is 9.45. The third-order valence-electron chi connectivity index (χ3n) is 5.02. The van der Waals surface area contributed by atoms with Crippen LogP contribution in [0, 0.1) is 5.92 Å². The number of fused-ring (bicyclic) bond motifs is 2. The van der Waals surface area contributed by atoms with Gasteiger partial charge in [0.25, 0.3) is 0 Å². The van der Waals surface area contributed by atoms with Crippen molar-refractivity contribution >= 4 is 28.0 Å². The molecule has 0 amide bonds. The van der Waals surface area contributed by atoms with Crippen LogP contribution < -0.4 is 5.73 Å². The van der Waals surface area contributed by atoms with Gasteiger partial charge < -0.3 is 10.8 Å². The number of alkyl halides is 1. The molecular weight excluding hydrogens is 318 g/mol. The molecule has 20 heavy (non-hydrogen) atoms. The number of carbonyl (C=O) groups is 1. The van der Waals surface area contributed by atoms with Crippen molar-refractivity contribution in [2.45, 2.75) is 35.5 Å². The summed E-state index contributed by atoms with van der Waals surface area (Å²) in [4.78, 5) is 11.6. The number of carboxylic acid groups (broad SMARTS) is 1. The van der Waals surface area contributed by atoms with Gasteiger partial charge in [0.05, 0.1) is 0 Å². The van der Waals surface area contributed by atoms with E-state index in [9.17, 15) is 9.90 Å². The molecule has 3 rings (SSSR count). The number of rotatable bonds is 1. The number of halogens is 1. The van der Waals surface area contributed by atoms with Gasteiger partial charge in [0, 0.05) is 10.2 Å². The number of nitrogens with two attached hydrogens (primary N) is 1. The quantitative estimate of drug-likeness (QED) is 0.775. The van der Waals surface area contributed by atoms with Gasteiger partial charge in [-0.25, -0.2) is 0 Å². The van der Waals surface area contributed by atoms with Crippen LogP contribution >= 0.6 is 15.9 Å². The molecule has 0 radical (unpaired) electrons. The van der Waals surface area contributed by atoms with Crippen molar-refractivity contribution in [3.05, 3.63) is 41.5 Å². The Morgan fingerprint density at radius 1 is 1.40 bits per heavy atom. The molecular formula is C16H18BrNO2. The van der Waals surface area contributed by atoms with Gasteiger partial charge in [-0.3, -0.25) is 4.79 Å². The molecule has 0 saturated heterocycles. The Hall–Kier alpha value is -1.13. The van der Waals surface area contributed by atoms with E-state index < -0.39 is 11.5 Å². The van der Waals surface area contributed by atoms with Gasteiger partial charge in [0.1, 0.15) is 5.54 Å². The summed E-state index contributed by atoms with van der Waals surface area (Å²) in [6.45, 7) is 1.95. The zero-order valence-electron chi connectivity index (χ0n) is 11.3. The molecule has 2 aliphatic carbocycles. The Morgan fingerprint density at radius 2 is 2.10 bits per heavy atom. The van der Waals surface area contributed by atoms with Crippen molar-refractivity contribution in [3.8, 4) is 0 Å². The number of hydrogen-bond acceptors (Lipinski definition) is 2. The number of benzene rings is 1. The maximum atomic E-state index is 11.5. The van der Waals surface area contributed by atoms with Crippen molar-refractivity contribution in [1.82, 2.24) is 0 Å². The van der Waals surface area contributed by atoms with E-state index in [2.05, 4.69) is 40.2 Å². The number of carboxylic acids is 1. The Balaban J connectivity index is 2.03. The number of aliphatic carboxylic acids is 1. The fraction of sp³-hybridized carbons (Fsp3) is 0.438. The van der Waals surface area contributed by atoms with Crippen LogP contribution in [0.5, 0.6) is 0 Å². The molecule has 4 heteroatoms. The summed E-state index contributed by atoms with van der Waals surface area (Å²) in [5.74, 6) is -0.982. The molecule has 0 aliphatic heterocycles. The van der Waals surface area contributed by atoms with E-state index >= 15 is 0 Å². The molecule has 4 atom stereocenters. The van der Waals surface area contributed by atoms with Crippen molar-refractivity contribution in [3.63, 3.8) is 0 Å². The first-order valence-corrected chi connectivity index (χ1v) is 7.77. The van der Waals surface area contributed by atoms with Crippen LogP contribution in [0.4, 0.5) is 0 Å². The minimum absolute atomic E-state index is 0.0344. The molecule has 4 unspecified atom stereocenters. The zero-order valence-corrected chi connectivity index (χ0v) is 12.9. The van der Waals surface area contributed by atoms with Crippen molar-refractivity contribution in [2.75, 3.05) is 0 Å².